The third-order valence-electron chi connectivity index (χ3n) is 5.13. The zero-order chi connectivity index (χ0) is 22.6. The molecular weight excluding hydrogens is 378 g/mol. The van der Waals surface area contributed by atoms with Crippen LogP contribution in [0.25, 0.3) is 11.3 Å². The van der Waals surface area contributed by atoms with E-state index in [1.807, 2.05) is 24.4 Å². The van der Waals surface area contributed by atoms with Crippen LogP contribution >= 0.6 is 0 Å². The Morgan fingerprint density at radius 2 is 1.52 bits per heavy atom. The summed E-state index contributed by atoms with van der Waals surface area (Å²) in [6.07, 6.45) is 5.03. The molecule has 0 saturated heterocycles. The van der Waals surface area contributed by atoms with Crippen LogP contribution in [0.2, 0.25) is 0 Å². The second kappa shape index (κ2) is 9.21. The molecule has 31 heavy (non-hydrogen) atoms. The number of para-hydroxylation sites is 1. The molecule has 1 aliphatic rings. The highest BCUT2D eigenvalue weighted by molar-refractivity contribution is 5.94. The van der Waals surface area contributed by atoms with Gasteiger partial charge < -0.3 is 4.98 Å². The minimum absolute atomic E-state index is 0.270. The Hall–Kier alpha value is -2.68. The zero-order valence-corrected chi connectivity index (χ0v) is 20.2. The van der Waals surface area contributed by atoms with Gasteiger partial charge in [-0.05, 0) is 40.9 Å². The molecule has 0 amide bonds. The second-order valence-corrected chi connectivity index (χ2v) is 11.0. The molecule has 2 aromatic carbocycles. The zero-order valence-electron chi connectivity index (χ0n) is 20.2. The highest BCUT2D eigenvalue weighted by Crippen LogP contribution is 2.33. The fourth-order valence-electron chi connectivity index (χ4n) is 3.87. The predicted octanol–water partition coefficient (Wildman–Crippen LogP) is 7.73. The maximum Gasteiger partial charge on any atom is 0.107 e. The van der Waals surface area contributed by atoms with E-state index < -0.39 is 0 Å². The lowest BCUT2D eigenvalue weighted by Crippen LogP contribution is -2.12. The standard InChI is InChI=1S/C14H18N2.C14H19N/c1-14(2,3)9-13-15-10-12(16-13)11-7-5-4-6-8-11;1-10-6-5-7-11-8-12(15-13(10)11)9-14(2,3)4/h4-8,10H,9H2,1-3H3,(H,15,16);5-7H,8-9H2,1-4H3. The van der Waals surface area contributed by atoms with Crippen molar-refractivity contribution in [2.24, 2.45) is 15.8 Å². The summed E-state index contributed by atoms with van der Waals surface area (Å²) in [7, 11) is 0. The summed E-state index contributed by atoms with van der Waals surface area (Å²) < 4.78 is 0. The van der Waals surface area contributed by atoms with Gasteiger partial charge in [0.2, 0.25) is 0 Å². The molecule has 0 spiro atoms. The van der Waals surface area contributed by atoms with Gasteiger partial charge in [0.15, 0.2) is 0 Å². The van der Waals surface area contributed by atoms with Crippen LogP contribution in [0.3, 0.4) is 0 Å². The van der Waals surface area contributed by atoms with Crippen molar-refractivity contribution >= 4 is 11.4 Å². The first-order valence-corrected chi connectivity index (χ1v) is 11.2. The van der Waals surface area contributed by atoms with Crippen LogP contribution in [0, 0.1) is 17.8 Å². The maximum atomic E-state index is 4.75. The molecule has 3 nitrogen and oxygen atoms in total. The topological polar surface area (TPSA) is 41.0 Å². The number of hydrogen-bond acceptors (Lipinski definition) is 2. The second-order valence-electron chi connectivity index (χ2n) is 11.0. The molecule has 164 valence electrons. The van der Waals surface area contributed by atoms with E-state index in [-0.39, 0.29) is 5.41 Å². The number of imidazole rings is 1. The number of nitrogens with one attached hydrogen (secondary N) is 1. The van der Waals surface area contributed by atoms with Crippen LogP contribution in [-0.2, 0) is 12.8 Å². The van der Waals surface area contributed by atoms with E-state index in [9.17, 15) is 0 Å². The van der Waals surface area contributed by atoms with Gasteiger partial charge in [0.25, 0.3) is 0 Å². The largest absolute Gasteiger partial charge is 0.342 e. The fourth-order valence-corrected chi connectivity index (χ4v) is 3.87. The third-order valence-corrected chi connectivity index (χ3v) is 5.13. The number of aryl methyl sites for hydroxylation is 1. The normalized spacial score (nSPS) is 13.3. The number of benzene rings is 2. The average molecular weight is 416 g/mol. The van der Waals surface area contributed by atoms with Crippen LogP contribution < -0.4 is 0 Å². The van der Waals surface area contributed by atoms with Crippen molar-refractivity contribution in [1.29, 1.82) is 0 Å². The van der Waals surface area contributed by atoms with Crippen LogP contribution in [0.15, 0.2) is 59.7 Å². The average Bonchev–Trinajstić information content (AvgIpc) is 3.27. The van der Waals surface area contributed by atoms with Crippen molar-refractivity contribution in [3.63, 3.8) is 0 Å². The van der Waals surface area contributed by atoms with E-state index in [0.29, 0.717) is 5.41 Å². The Morgan fingerprint density at radius 1 is 0.839 bits per heavy atom. The minimum atomic E-state index is 0.270. The number of aliphatic imine (C=N–C) groups is 1. The monoisotopic (exact) mass is 415 g/mol. The molecule has 2 heterocycles. The highest BCUT2D eigenvalue weighted by atomic mass is 14.9. The number of hydrogen-bond donors (Lipinski definition) is 1. The molecule has 3 aromatic rings. The molecular formula is C28H37N3. The van der Waals surface area contributed by atoms with Gasteiger partial charge in [-0.2, -0.15) is 0 Å². The number of H-pyrrole nitrogens is 1. The first-order chi connectivity index (χ1) is 14.5. The van der Waals surface area contributed by atoms with Crippen molar-refractivity contribution in [3.8, 4) is 11.3 Å². The van der Waals surface area contributed by atoms with Gasteiger partial charge in [-0.25, -0.2) is 4.98 Å². The third kappa shape index (κ3) is 6.92. The minimum Gasteiger partial charge on any atom is -0.342 e. The van der Waals surface area contributed by atoms with E-state index >= 15 is 0 Å². The molecule has 1 aromatic heterocycles. The van der Waals surface area contributed by atoms with Crippen molar-refractivity contribution in [2.75, 3.05) is 0 Å². The molecule has 4 rings (SSSR count). The Morgan fingerprint density at radius 3 is 2.13 bits per heavy atom. The molecule has 0 atom stereocenters. The van der Waals surface area contributed by atoms with Gasteiger partial charge in [0, 0.05) is 18.6 Å². The molecule has 0 radical (unpaired) electrons. The summed E-state index contributed by atoms with van der Waals surface area (Å²) in [4.78, 5) is 12.6. The van der Waals surface area contributed by atoms with Crippen LogP contribution in [0.1, 0.15) is 64.9 Å². The van der Waals surface area contributed by atoms with Gasteiger partial charge in [0.05, 0.1) is 17.6 Å². The van der Waals surface area contributed by atoms with Gasteiger partial charge in [0.1, 0.15) is 5.82 Å². The summed E-state index contributed by atoms with van der Waals surface area (Å²) in [6, 6.07) is 16.8. The van der Waals surface area contributed by atoms with E-state index in [1.54, 1.807) is 0 Å². The van der Waals surface area contributed by atoms with Crippen molar-refractivity contribution in [3.05, 3.63) is 71.7 Å². The fraction of sp³-hybridized carbons (Fsp3) is 0.429. The SMILES string of the molecule is CC(C)(C)Cc1ncc(-c2ccccc2)[nH]1.Cc1cccc2c1N=C(CC(C)(C)C)C2. The lowest BCUT2D eigenvalue weighted by atomic mass is 9.88. The Balaban J connectivity index is 0.000000176. The molecule has 0 aliphatic carbocycles. The van der Waals surface area contributed by atoms with Crippen LogP contribution in [0.4, 0.5) is 5.69 Å². The number of fused-ring (bicyclic) bond motifs is 1. The maximum absolute atomic E-state index is 4.75. The van der Waals surface area contributed by atoms with Gasteiger partial charge in [-0.1, -0.05) is 90.1 Å². The molecule has 0 saturated carbocycles. The smallest absolute Gasteiger partial charge is 0.107 e. The summed E-state index contributed by atoms with van der Waals surface area (Å²) >= 11 is 0. The summed E-state index contributed by atoms with van der Waals surface area (Å²) in [5, 5.41) is 0. The van der Waals surface area contributed by atoms with E-state index in [0.717, 1.165) is 30.8 Å². The van der Waals surface area contributed by atoms with Crippen LogP contribution in [0.5, 0.6) is 0 Å². The van der Waals surface area contributed by atoms with Crippen molar-refractivity contribution in [2.45, 2.75) is 67.7 Å². The van der Waals surface area contributed by atoms with E-state index in [1.165, 1.54) is 28.1 Å². The van der Waals surface area contributed by atoms with Gasteiger partial charge >= 0.3 is 0 Å². The highest BCUT2D eigenvalue weighted by Gasteiger charge is 2.20. The van der Waals surface area contributed by atoms with Gasteiger partial charge in [-0.3, -0.25) is 4.99 Å². The summed E-state index contributed by atoms with van der Waals surface area (Å²) in [5.41, 5.74) is 8.16. The lowest BCUT2D eigenvalue weighted by molar-refractivity contribution is 0.402. The first kappa shape index (κ1) is 23.0. The molecule has 3 heteroatoms. The first-order valence-electron chi connectivity index (χ1n) is 11.2. The Labute approximate surface area is 188 Å². The Bertz CT molecular complexity index is 1030. The lowest BCUT2D eigenvalue weighted by Gasteiger charge is -2.17. The Kier molecular flexibility index (Phi) is 6.83. The van der Waals surface area contributed by atoms with Crippen LogP contribution in [-0.4, -0.2) is 15.7 Å². The number of nitrogens with zero attached hydrogens (tertiary/aromatic N) is 2. The number of aromatic amines is 1. The molecule has 1 aliphatic heterocycles. The molecule has 0 fully saturated rings. The van der Waals surface area contributed by atoms with Gasteiger partial charge in [-0.15, -0.1) is 0 Å². The molecule has 0 unspecified atom stereocenters. The predicted molar refractivity (Wildman–Crippen MR) is 133 cm³/mol. The van der Waals surface area contributed by atoms with E-state index in [2.05, 4.69) is 88.8 Å². The van der Waals surface area contributed by atoms with Crippen molar-refractivity contribution < 1.29 is 0 Å². The molecule has 0 bridgehead atoms. The summed E-state index contributed by atoms with van der Waals surface area (Å²) in [5.74, 6) is 1.06. The quantitative estimate of drug-likeness (QED) is 0.467. The number of rotatable bonds is 3. The molecule has 1 N–H and O–H groups in total. The number of aromatic nitrogens is 2. The van der Waals surface area contributed by atoms with E-state index in [4.69, 9.17) is 4.99 Å². The summed E-state index contributed by atoms with van der Waals surface area (Å²) in [6.45, 7) is 15.6. The van der Waals surface area contributed by atoms with Crippen molar-refractivity contribution in [1.82, 2.24) is 9.97 Å².